The molecule has 1 aliphatic rings. The topological polar surface area (TPSA) is 55.8 Å². The molecule has 0 aromatic heterocycles. The first-order chi connectivity index (χ1) is 12.0. The first-order valence-corrected chi connectivity index (χ1v) is 9.49. The minimum absolute atomic E-state index is 0.129. The highest BCUT2D eigenvalue weighted by Gasteiger charge is 2.18. The third kappa shape index (κ3) is 6.33. The van der Waals surface area contributed by atoms with Crippen LogP contribution >= 0.6 is 0 Å². The van der Waals surface area contributed by atoms with Gasteiger partial charge in [-0.15, -0.1) is 0 Å². The molecule has 1 aromatic rings. The first kappa shape index (κ1) is 19.7. The van der Waals surface area contributed by atoms with E-state index in [1.54, 1.807) is 0 Å². The average Bonchev–Trinajstić information content (AvgIpc) is 2.62. The summed E-state index contributed by atoms with van der Waals surface area (Å²) in [6, 6.07) is 7.62. The highest BCUT2D eigenvalue weighted by atomic mass is 16.3. The van der Waals surface area contributed by atoms with Crippen LogP contribution < -0.4 is 10.2 Å². The summed E-state index contributed by atoms with van der Waals surface area (Å²) in [7, 11) is 2.05. The van der Waals surface area contributed by atoms with E-state index in [4.69, 9.17) is 0 Å². The number of hydrogen-bond donors (Lipinski definition) is 2. The molecule has 1 fully saturated rings. The molecule has 1 aromatic carbocycles. The smallest absolute Gasteiger partial charge is 0.251 e. The highest BCUT2D eigenvalue weighted by molar-refractivity contribution is 5.94. The van der Waals surface area contributed by atoms with E-state index in [2.05, 4.69) is 36.0 Å². The molecule has 1 heterocycles. The summed E-state index contributed by atoms with van der Waals surface area (Å²) in [5.74, 6) is 0.656. The average molecular weight is 348 g/mol. The van der Waals surface area contributed by atoms with Crippen LogP contribution in [0, 0.1) is 5.92 Å². The molecule has 0 aliphatic carbocycles. The van der Waals surface area contributed by atoms with Gasteiger partial charge in [0.05, 0.1) is 6.10 Å². The van der Waals surface area contributed by atoms with Gasteiger partial charge in [-0.05, 0) is 62.5 Å². The van der Waals surface area contributed by atoms with Crippen LogP contribution in [0.15, 0.2) is 24.3 Å². The van der Waals surface area contributed by atoms with Gasteiger partial charge in [0.25, 0.3) is 5.91 Å². The van der Waals surface area contributed by atoms with Gasteiger partial charge >= 0.3 is 0 Å². The van der Waals surface area contributed by atoms with Crippen molar-refractivity contribution in [3.63, 3.8) is 0 Å². The quantitative estimate of drug-likeness (QED) is 0.758. The number of hydrogen-bond acceptors (Lipinski definition) is 4. The maximum absolute atomic E-state index is 12.2. The minimum Gasteiger partial charge on any atom is -0.390 e. The highest BCUT2D eigenvalue weighted by Crippen LogP contribution is 2.16. The Labute approximate surface area is 152 Å². The van der Waals surface area contributed by atoms with Gasteiger partial charge < -0.3 is 20.2 Å². The van der Waals surface area contributed by atoms with E-state index < -0.39 is 6.10 Å². The molecule has 5 nitrogen and oxygen atoms in total. The Bertz CT molecular complexity index is 524. The SMILES string of the molecule is CCCN(C)c1ccc(C(=O)NCC(O)CN2CCC(C)CC2)cc1. The molecule has 2 N–H and O–H groups in total. The van der Waals surface area contributed by atoms with Gasteiger partial charge in [-0.2, -0.15) is 0 Å². The fraction of sp³-hybridized carbons (Fsp3) is 0.650. The van der Waals surface area contributed by atoms with Crippen molar-refractivity contribution in [3.8, 4) is 0 Å². The normalized spacial score (nSPS) is 17.3. The molecule has 5 heteroatoms. The molecule has 0 saturated carbocycles. The zero-order valence-corrected chi connectivity index (χ0v) is 15.9. The Morgan fingerprint density at radius 1 is 1.32 bits per heavy atom. The van der Waals surface area contributed by atoms with Crippen molar-refractivity contribution in [1.29, 1.82) is 0 Å². The van der Waals surface area contributed by atoms with Crippen LogP contribution in [0.5, 0.6) is 0 Å². The van der Waals surface area contributed by atoms with Crippen LogP contribution in [0.1, 0.15) is 43.5 Å². The fourth-order valence-corrected chi connectivity index (χ4v) is 3.25. The summed E-state index contributed by atoms with van der Waals surface area (Å²) in [6.45, 7) is 8.42. The second kappa shape index (κ2) is 9.78. The molecule has 0 radical (unpaired) electrons. The molecule has 1 amide bonds. The van der Waals surface area contributed by atoms with Crippen molar-refractivity contribution in [2.75, 3.05) is 44.7 Å². The van der Waals surface area contributed by atoms with E-state index in [1.165, 1.54) is 12.8 Å². The first-order valence-electron chi connectivity index (χ1n) is 9.49. The van der Waals surface area contributed by atoms with E-state index in [0.717, 1.165) is 37.7 Å². The molecular formula is C20H33N3O2. The lowest BCUT2D eigenvalue weighted by Crippen LogP contribution is -2.43. The number of nitrogens with one attached hydrogen (secondary N) is 1. The number of carbonyl (C=O) groups is 1. The molecule has 0 spiro atoms. The molecule has 25 heavy (non-hydrogen) atoms. The number of amides is 1. The fourth-order valence-electron chi connectivity index (χ4n) is 3.25. The number of aliphatic hydroxyl groups excluding tert-OH is 1. The number of nitrogens with zero attached hydrogens (tertiary/aromatic N) is 2. The second-order valence-corrected chi connectivity index (χ2v) is 7.32. The Hall–Kier alpha value is -1.59. The van der Waals surface area contributed by atoms with Gasteiger partial charge in [0.15, 0.2) is 0 Å². The van der Waals surface area contributed by atoms with Crippen molar-refractivity contribution in [3.05, 3.63) is 29.8 Å². The number of anilines is 1. The van der Waals surface area contributed by atoms with Crippen LogP contribution in [0.2, 0.25) is 0 Å². The van der Waals surface area contributed by atoms with E-state index in [9.17, 15) is 9.90 Å². The van der Waals surface area contributed by atoms with Crippen LogP contribution in [0.25, 0.3) is 0 Å². The zero-order valence-electron chi connectivity index (χ0n) is 15.9. The molecule has 1 unspecified atom stereocenters. The number of likely N-dealkylation sites (tertiary alicyclic amines) is 1. The van der Waals surface area contributed by atoms with Crippen LogP contribution in [0.3, 0.4) is 0 Å². The number of carbonyl (C=O) groups excluding carboxylic acids is 1. The van der Waals surface area contributed by atoms with Gasteiger partial charge in [-0.25, -0.2) is 0 Å². The van der Waals surface area contributed by atoms with Gasteiger partial charge in [-0.1, -0.05) is 13.8 Å². The van der Waals surface area contributed by atoms with Gasteiger partial charge in [0, 0.05) is 37.9 Å². The van der Waals surface area contributed by atoms with Crippen molar-refractivity contribution >= 4 is 11.6 Å². The summed E-state index contributed by atoms with van der Waals surface area (Å²) < 4.78 is 0. The molecule has 0 bridgehead atoms. The van der Waals surface area contributed by atoms with E-state index in [1.807, 2.05) is 24.3 Å². The molecule has 1 saturated heterocycles. The number of benzene rings is 1. The predicted octanol–water partition coefficient (Wildman–Crippen LogP) is 2.36. The Morgan fingerprint density at radius 2 is 1.96 bits per heavy atom. The Balaban J connectivity index is 1.75. The van der Waals surface area contributed by atoms with Gasteiger partial charge in [0.1, 0.15) is 0 Å². The maximum Gasteiger partial charge on any atom is 0.251 e. The molecular weight excluding hydrogens is 314 g/mol. The lowest BCUT2D eigenvalue weighted by atomic mass is 9.99. The van der Waals surface area contributed by atoms with Gasteiger partial charge in [-0.3, -0.25) is 4.79 Å². The third-order valence-corrected chi connectivity index (χ3v) is 4.97. The largest absolute Gasteiger partial charge is 0.390 e. The van der Waals surface area contributed by atoms with Crippen molar-refractivity contribution in [2.45, 2.75) is 39.2 Å². The lowest BCUT2D eigenvalue weighted by Gasteiger charge is -2.31. The summed E-state index contributed by atoms with van der Waals surface area (Å²) in [4.78, 5) is 16.7. The van der Waals surface area contributed by atoms with E-state index in [-0.39, 0.29) is 5.91 Å². The monoisotopic (exact) mass is 347 g/mol. The van der Waals surface area contributed by atoms with Crippen molar-refractivity contribution in [1.82, 2.24) is 10.2 Å². The standard InChI is InChI=1S/C20H33N3O2/c1-4-11-22(3)18-7-5-17(6-8-18)20(25)21-14-19(24)15-23-12-9-16(2)10-13-23/h5-8,16,19,24H,4,9-15H2,1-3H3,(H,21,25). The predicted molar refractivity (Wildman–Crippen MR) is 103 cm³/mol. The summed E-state index contributed by atoms with van der Waals surface area (Å²) in [5.41, 5.74) is 1.74. The second-order valence-electron chi connectivity index (χ2n) is 7.32. The Kier molecular flexibility index (Phi) is 7.72. The minimum atomic E-state index is -0.521. The van der Waals surface area contributed by atoms with E-state index >= 15 is 0 Å². The van der Waals surface area contributed by atoms with E-state index in [0.29, 0.717) is 18.7 Å². The summed E-state index contributed by atoms with van der Waals surface area (Å²) in [5, 5.41) is 13.0. The maximum atomic E-state index is 12.2. The summed E-state index contributed by atoms with van der Waals surface area (Å²) in [6.07, 6.45) is 2.95. The van der Waals surface area contributed by atoms with Gasteiger partial charge in [0.2, 0.25) is 0 Å². The molecule has 140 valence electrons. The number of piperidine rings is 1. The number of aliphatic hydroxyl groups is 1. The van der Waals surface area contributed by atoms with Crippen LogP contribution in [0.4, 0.5) is 5.69 Å². The van der Waals surface area contributed by atoms with Crippen molar-refractivity contribution in [2.24, 2.45) is 5.92 Å². The number of β-amino-alcohol motifs (C(OH)–C–C–N with tert-alkyl or cyclic N) is 1. The Morgan fingerprint density at radius 3 is 2.56 bits per heavy atom. The zero-order chi connectivity index (χ0) is 18.2. The van der Waals surface area contributed by atoms with Crippen LogP contribution in [-0.4, -0.2) is 61.8 Å². The molecule has 1 atom stereocenters. The van der Waals surface area contributed by atoms with Crippen molar-refractivity contribution < 1.29 is 9.90 Å². The molecule has 2 rings (SSSR count). The summed E-state index contributed by atoms with van der Waals surface area (Å²) >= 11 is 0. The third-order valence-electron chi connectivity index (χ3n) is 4.97. The lowest BCUT2D eigenvalue weighted by molar-refractivity contribution is 0.0795. The number of rotatable bonds is 8. The molecule has 1 aliphatic heterocycles. The van der Waals surface area contributed by atoms with Crippen LogP contribution in [-0.2, 0) is 0 Å².